The van der Waals surface area contributed by atoms with Crippen LogP contribution < -0.4 is 4.90 Å². The number of benzene rings is 1. The van der Waals surface area contributed by atoms with Crippen LogP contribution >= 0.6 is 34.2 Å². The Morgan fingerprint density at radius 3 is 2.45 bits per heavy atom. The van der Waals surface area contributed by atoms with E-state index in [1.54, 1.807) is 0 Å². The smallest absolute Gasteiger partial charge is 0.0511 e. The molecule has 3 heteroatoms. The van der Waals surface area contributed by atoms with Crippen molar-refractivity contribution in [3.05, 3.63) is 26.8 Å². The summed E-state index contributed by atoms with van der Waals surface area (Å²) in [6.45, 7) is 0. The largest absolute Gasteiger partial charge is 0.377 e. The highest BCUT2D eigenvalue weighted by molar-refractivity contribution is 14.1. The lowest BCUT2D eigenvalue weighted by Crippen LogP contribution is -2.09. The molecule has 0 heterocycles. The fraction of sp³-hybridized carbons (Fsp3) is 0.250. The van der Waals surface area contributed by atoms with E-state index in [1.165, 1.54) is 3.57 Å². The van der Waals surface area contributed by atoms with Crippen molar-refractivity contribution in [1.29, 1.82) is 0 Å². The molecule has 0 unspecified atom stereocenters. The van der Waals surface area contributed by atoms with Crippen LogP contribution in [0.5, 0.6) is 0 Å². The molecule has 0 aromatic heterocycles. The molecule has 60 valence electrons. The van der Waals surface area contributed by atoms with E-state index in [0.717, 1.165) is 10.7 Å². The van der Waals surface area contributed by atoms with Gasteiger partial charge in [0.1, 0.15) is 0 Å². The highest BCUT2D eigenvalue weighted by atomic mass is 127. The molecule has 1 aromatic rings. The van der Waals surface area contributed by atoms with Crippen LogP contribution in [0.25, 0.3) is 0 Å². The van der Waals surface area contributed by atoms with Gasteiger partial charge in [-0.15, -0.1) is 0 Å². The number of halogens is 2. The van der Waals surface area contributed by atoms with E-state index in [9.17, 15) is 0 Å². The minimum atomic E-state index is 0.786. The normalized spacial score (nSPS) is 9.82. The number of hydrogen-bond donors (Lipinski definition) is 0. The van der Waals surface area contributed by atoms with Crippen LogP contribution in [0.2, 0.25) is 5.02 Å². The molecule has 0 amide bonds. The van der Waals surface area contributed by atoms with E-state index in [4.69, 9.17) is 11.6 Å². The van der Waals surface area contributed by atoms with Crippen LogP contribution in [-0.4, -0.2) is 14.1 Å². The Labute approximate surface area is 85.5 Å². The summed E-state index contributed by atoms with van der Waals surface area (Å²) in [6.07, 6.45) is 0. The standard InChI is InChI=1S/C8H9ClIN/c1-11(2)8-5-6(9)3-4-7(8)10/h3-5H,1-2H3. The highest BCUT2D eigenvalue weighted by Crippen LogP contribution is 2.24. The molecule has 0 saturated heterocycles. The van der Waals surface area contributed by atoms with Gasteiger partial charge in [-0.3, -0.25) is 0 Å². The summed E-state index contributed by atoms with van der Waals surface area (Å²) in [5, 5.41) is 0.786. The van der Waals surface area contributed by atoms with Crippen molar-refractivity contribution in [2.24, 2.45) is 0 Å². The molecule has 0 atom stereocenters. The van der Waals surface area contributed by atoms with Crippen molar-refractivity contribution in [1.82, 2.24) is 0 Å². The highest BCUT2D eigenvalue weighted by Gasteiger charge is 2.00. The minimum absolute atomic E-state index is 0.786. The van der Waals surface area contributed by atoms with Gasteiger partial charge in [0.15, 0.2) is 0 Å². The Balaban J connectivity index is 3.13. The van der Waals surface area contributed by atoms with Crippen LogP contribution in [0.15, 0.2) is 18.2 Å². The predicted molar refractivity (Wildman–Crippen MR) is 58.5 cm³/mol. The maximum atomic E-state index is 5.83. The summed E-state index contributed by atoms with van der Waals surface area (Å²) in [7, 11) is 4.02. The van der Waals surface area contributed by atoms with Gasteiger partial charge in [0.05, 0.1) is 5.69 Å². The van der Waals surface area contributed by atoms with Crippen molar-refractivity contribution in [2.75, 3.05) is 19.0 Å². The molecule has 0 aliphatic rings. The van der Waals surface area contributed by atoms with Crippen LogP contribution in [0.3, 0.4) is 0 Å². The van der Waals surface area contributed by atoms with E-state index >= 15 is 0 Å². The monoisotopic (exact) mass is 281 g/mol. The zero-order valence-electron chi connectivity index (χ0n) is 6.44. The van der Waals surface area contributed by atoms with Gasteiger partial charge >= 0.3 is 0 Å². The first-order valence-corrected chi connectivity index (χ1v) is 4.69. The maximum absolute atomic E-state index is 5.83. The van der Waals surface area contributed by atoms with Gasteiger partial charge in [-0.1, -0.05) is 11.6 Å². The minimum Gasteiger partial charge on any atom is -0.377 e. The van der Waals surface area contributed by atoms with Gasteiger partial charge < -0.3 is 4.90 Å². The fourth-order valence-corrected chi connectivity index (χ4v) is 1.81. The Hall–Kier alpha value is 0.0400. The average molecular weight is 282 g/mol. The molecule has 0 spiro atoms. The lowest BCUT2D eigenvalue weighted by molar-refractivity contribution is 1.12. The van der Waals surface area contributed by atoms with Crippen molar-refractivity contribution in [3.63, 3.8) is 0 Å². The van der Waals surface area contributed by atoms with Crippen molar-refractivity contribution in [3.8, 4) is 0 Å². The lowest BCUT2D eigenvalue weighted by Gasteiger charge is -2.14. The molecule has 11 heavy (non-hydrogen) atoms. The second-order valence-electron chi connectivity index (χ2n) is 2.49. The summed E-state index contributed by atoms with van der Waals surface area (Å²) in [5.74, 6) is 0. The summed E-state index contributed by atoms with van der Waals surface area (Å²) >= 11 is 8.12. The van der Waals surface area contributed by atoms with E-state index in [0.29, 0.717) is 0 Å². The quantitative estimate of drug-likeness (QED) is 0.715. The van der Waals surface area contributed by atoms with Gasteiger partial charge in [0.2, 0.25) is 0 Å². The Morgan fingerprint density at radius 2 is 2.00 bits per heavy atom. The summed E-state index contributed by atoms with van der Waals surface area (Å²) in [4.78, 5) is 2.05. The molecule has 0 aliphatic carbocycles. The first-order chi connectivity index (χ1) is 5.11. The van der Waals surface area contributed by atoms with Crippen LogP contribution in [0, 0.1) is 3.57 Å². The molecule has 1 aromatic carbocycles. The van der Waals surface area contributed by atoms with E-state index < -0.39 is 0 Å². The number of anilines is 1. The van der Waals surface area contributed by atoms with E-state index in [1.807, 2.05) is 37.2 Å². The molecule has 0 saturated carbocycles. The molecule has 0 N–H and O–H groups in total. The molecule has 0 aliphatic heterocycles. The Bertz CT molecular complexity index is 260. The summed E-state index contributed by atoms with van der Waals surface area (Å²) < 4.78 is 1.22. The van der Waals surface area contributed by atoms with Gasteiger partial charge in [0.25, 0.3) is 0 Å². The van der Waals surface area contributed by atoms with Crippen LogP contribution in [0.4, 0.5) is 5.69 Å². The third-order valence-corrected chi connectivity index (χ3v) is 2.54. The lowest BCUT2D eigenvalue weighted by atomic mass is 10.3. The Morgan fingerprint density at radius 1 is 1.36 bits per heavy atom. The predicted octanol–water partition coefficient (Wildman–Crippen LogP) is 3.01. The molecular formula is C8H9ClIN. The second-order valence-corrected chi connectivity index (χ2v) is 4.09. The Kier molecular flexibility index (Phi) is 3.01. The maximum Gasteiger partial charge on any atom is 0.0511 e. The summed E-state index contributed by atoms with van der Waals surface area (Å²) in [5.41, 5.74) is 1.16. The zero-order valence-corrected chi connectivity index (χ0v) is 9.35. The first kappa shape index (κ1) is 9.13. The van der Waals surface area contributed by atoms with Gasteiger partial charge in [0, 0.05) is 22.7 Å². The van der Waals surface area contributed by atoms with Crippen LogP contribution in [0.1, 0.15) is 0 Å². The molecule has 0 radical (unpaired) electrons. The SMILES string of the molecule is CN(C)c1cc(Cl)ccc1I. The molecule has 1 nitrogen and oxygen atoms in total. The van der Waals surface area contributed by atoms with E-state index in [2.05, 4.69) is 22.6 Å². The third kappa shape index (κ3) is 2.24. The van der Waals surface area contributed by atoms with E-state index in [-0.39, 0.29) is 0 Å². The van der Waals surface area contributed by atoms with Gasteiger partial charge in [-0.25, -0.2) is 0 Å². The van der Waals surface area contributed by atoms with Crippen LogP contribution in [-0.2, 0) is 0 Å². The molecular weight excluding hydrogens is 272 g/mol. The van der Waals surface area contributed by atoms with Gasteiger partial charge in [-0.2, -0.15) is 0 Å². The van der Waals surface area contributed by atoms with Crippen molar-refractivity contribution >= 4 is 39.9 Å². The average Bonchev–Trinajstić information content (AvgIpc) is 1.94. The number of rotatable bonds is 1. The second kappa shape index (κ2) is 3.63. The number of hydrogen-bond acceptors (Lipinski definition) is 1. The fourth-order valence-electron chi connectivity index (χ4n) is 0.829. The van der Waals surface area contributed by atoms with Crippen molar-refractivity contribution < 1.29 is 0 Å². The first-order valence-electron chi connectivity index (χ1n) is 3.23. The topological polar surface area (TPSA) is 3.24 Å². The molecule has 0 bridgehead atoms. The number of nitrogens with zero attached hydrogens (tertiary/aromatic N) is 1. The zero-order chi connectivity index (χ0) is 8.43. The van der Waals surface area contributed by atoms with Gasteiger partial charge in [-0.05, 0) is 40.8 Å². The third-order valence-electron chi connectivity index (χ3n) is 1.39. The summed E-state index contributed by atoms with van der Waals surface area (Å²) in [6, 6.07) is 5.87. The molecule has 0 fully saturated rings. The van der Waals surface area contributed by atoms with Crippen molar-refractivity contribution in [2.45, 2.75) is 0 Å². The molecule has 1 rings (SSSR count).